The van der Waals surface area contributed by atoms with Crippen molar-refractivity contribution in [1.82, 2.24) is 30.8 Å². The molecule has 2 aromatic rings. The molecule has 1 aromatic heterocycles. The van der Waals surface area contributed by atoms with Crippen molar-refractivity contribution in [2.45, 2.75) is 32.3 Å². The number of amides is 3. The van der Waals surface area contributed by atoms with Crippen molar-refractivity contribution in [1.29, 1.82) is 0 Å². The van der Waals surface area contributed by atoms with Gasteiger partial charge in [-0.1, -0.05) is 30.8 Å². The Kier molecular flexibility index (Phi) is 6.30. The molecule has 2 rings (SSSR count). The van der Waals surface area contributed by atoms with Crippen molar-refractivity contribution in [2.24, 2.45) is 0 Å². The van der Waals surface area contributed by atoms with Gasteiger partial charge in [-0.3, -0.25) is 10.1 Å². The summed E-state index contributed by atoms with van der Waals surface area (Å²) in [5.41, 5.74) is 3.06. The van der Waals surface area contributed by atoms with Gasteiger partial charge < -0.3 is 5.32 Å². The van der Waals surface area contributed by atoms with E-state index >= 15 is 0 Å². The van der Waals surface area contributed by atoms with Gasteiger partial charge in [-0.05, 0) is 47.9 Å². The topological polar surface area (TPSA) is 102 Å². The molecular weight excluding hydrogens is 328 g/mol. The number of urea groups is 1. The predicted molar refractivity (Wildman–Crippen MR) is 91.2 cm³/mol. The zero-order valence-electron chi connectivity index (χ0n) is 13.9. The number of nitrogens with zero attached hydrogens (tertiary/aromatic N) is 4. The molecular formula is C15H20N6O2S. The highest BCUT2D eigenvalue weighted by Gasteiger charge is 2.14. The molecule has 1 heterocycles. The molecule has 0 aliphatic carbocycles. The zero-order valence-corrected chi connectivity index (χ0v) is 14.7. The van der Waals surface area contributed by atoms with Crippen LogP contribution in [0.15, 0.2) is 23.4 Å². The molecule has 24 heavy (non-hydrogen) atoms. The summed E-state index contributed by atoms with van der Waals surface area (Å²) < 4.78 is 1.59. The quantitative estimate of drug-likeness (QED) is 0.769. The Morgan fingerprint density at radius 1 is 1.29 bits per heavy atom. The molecule has 8 nitrogen and oxygen atoms in total. The van der Waals surface area contributed by atoms with Crippen LogP contribution in [0.3, 0.4) is 0 Å². The minimum atomic E-state index is -0.489. The van der Waals surface area contributed by atoms with Crippen molar-refractivity contribution in [3.8, 4) is 5.69 Å². The summed E-state index contributed by atoms with van der Waals surface area (Å²) in [4.78, 5) is 23.3. The second-order valence-corrected chi connectivity index (χ2v) is 6.13. The van der Waals surface area contributed by atoms with Crippen LogP contribution in [-0.2, 0) is 4.79 Å². The fraction of sp³-hybridized carbons (Fsp3) is 0.400. The lowest BCUT2D eigenvalue weighted by atomic mass is 10.1. The van der Waals surface area contributed by atoms with Gasteiger partial charge in [0.25, 0.3) is 0 Å². The maximum Gasteiger partial charge on any atom is 0.321 e. The third kappa shape index (κ3) is 4.54. The van der Waals surface area contributed by atoms with E-state index < -0.39 is 11.9 Å². The summed E-state index contributed by atoms with van der Waals surface area (Å²) in [5.74, 6) is -0.353. The molecule has 1 aromatic carbocycles. The molecule has 2 N–H and O–H groups in total. The van der Waals surface area contributed by atoms with Crippen molar-refractivity contribution < 1.29 is 9.59 Å². The maximum atomic E-state index is 11.8. The molecule has 128 valence electrons. The van der Waals surface area contributed by atoms with E-state index in [0.29, 0.717) is 11.7 Å². The number of aryl methyl sites for hydroxylation is 1. The molecule has 0 aliphatic rings. The number of aromatic nitrogens is 4. The molecule has 9 heteroatoms. The van der Waals surface area contributed by atoms with Crippen LogP contribution in [0.4, 0.5) is 4.79 Å². The largest absolute Gasteiger partial charge is 0.338 e. The lowest BCUT2D eigenvalue weighted by Crippen LogP contribution is -2.40. The van der Waals surface area contributed by atoms with E-state index in [4.69, 9.17) is 0 Å². The van der Waals surface area contributed by atoms with Crippen LogP contribution in [0, 0.1) is 13.8 Å². The van der Waals surface area contributed by atoms with Crippen LogP contribution in [-0.4, -0.2) is 44.4 Å². The molecule has 0 radical (unpaired) electrons. The first-order chi connectivity index (χ1) is 11.5. The number of benzene rings is 1. The highest BCUT2D eigenvalue weighted by Crippen LogP contribution is 2.22. The van der Waals surface area contributed by atoms with Gasteiger partial charge in [0.05, 0.1) is 11.4 Å². The lowest BCUT2D eigenvalue weighted by molar-refractivity contribution is -0.117. The third-order valence-electron chi connectivity index (χ3n) is 3.37. The first-order valence-corrected chi connectivity index (χ1v) is 8.57. The molecule has 0 saturated heterocycles. The van der Waals surface area contributed by atoms with Crippen LogP contribution >= 0.6 is 11.8 Å². The number of carbonyl (C=O) groups excluding carboxylic acids is 2. The number of imide groups is 1. The number of tetrazole rings is 1. The van der Waals surface area contributed by atoms with Gasteiger partial charge in [0.15, 0.2) is 0 Å². The summed E-state index contributed by atoms with van der Waals surface area (Å²) in [6, 6.07) is 5.37. The van der Waals surface area contributed by atoms with E-state index in [1.807, 2.05) is 39.0 Å². The van der Waals surface area contributed by atoms with E-state index in [1.54, 1.807) is 4.68 Å². The standard InChI is InChI=1S/C15H20N6O2S/c1-4-8-16-14(23)17-13(22)9-24-15-18-19-20-21(15)12-7-5-6-10(2)11(12)3/h5-7H,4,8-9H2,1-3H3,(H2,16,17,22,23). The number of rotatable bonds is 6. The first kappa shape index (κ1) is 17.9. The maximum absolute atomic E-state index is 11.8. The van der Waals surface area contributed by atoms with Gasteiger partial charge in [0, 0.05) is 6.54 Å². The van der Waals surface area contributed by atoms with Crippen LogP contribution in [0.1, 0.15) is 24.5 Å². The monoisotopic (exact) mass is 348 g/mol. The van der Waals surface area contributed by atoms with Crippen molar-refractivity contribution in [2.75, 3.05) is 12.3 Å². The summed E-state index contributed by atoms with van der Waals surface area (Å²) in [6.07, 6.45) is 0.807. The van der Waals surface area contributed by atoms with Gasteiger partial charge in [0.1, 0.15) is 0 Å². The molecule has 0 saturated carbocycles. The molecule has 0 unspecified atom stereocenters. The van der Waals surface area contributed by atoms with Crippen molar-refractivity contribution >= 4 is 23.7 Å². The Hall–Kier alpha value is -2.42. The predicted octanol–water partition coefficient (Wildman–Crippen LogP) is 1.61. The van der Waals surface area contributed by atoms with E-state index in [0.717, 1.165) is 23.2 Å². The van der Waals surface area contributed by atoms with Crippen molar-refractivity contribution in [3.05, 3.63) is 29.3 Å². The average molecular weight is 348 g/mol. The molecule has 0 bridgehead atoms. The van der Waals surface area contributed by atoms with Gasteiger partial charge in [-0.25, -0.2) is 4.79 Å². The Balaban J connectivity index is 2.00. The minimum absolute atomic E-state index is 0.0464. The summed E-state index contributed by atoms with van der Waals surface area (Å²) in [7, 11) is 0. The SMILES string of the molecule is CCCNC(=O)NC(=O)CSc1nnnn1-c1cccc(C)c1C. The Labute approximate surface area is 144 Å². The number of thioether (sulfide) groups is 1. The Morgan fingerprint density at radius 2 is 2.08 bits per heavy atom. The number of carbonyl (C=O) groups is 2. The summed E-state index contributed by atoms with van der Waals surface area (Å²) in [5, 5.41) is 17.0. The van der Waals surface area contributed by atoms with Crippen LogP contribution in [0.25, 0.3) is 5.69 Å². The molecule has 0 atom stereocenters. The minimum Gasteiger partial charge on any atom is -0.338 e. The van der Waals surface area contributed by atoms with Gasteiger partial charge >= 0.3 is 6.03 Å². The first-order valence-electron chi connectivity index (χ1n) is 7.58. The van der Waals surface area contributed by atoms with E-state index in [9.17, 15) is 9.59 Å². The van der Waals surface area contributed by atoms with Crippen LogP contribution in [0.5, 0.6) is 0 Å². The number of nitrogens with one attached hydrogen (secondary N) is 2. The molecule has 0 spiro atoms. The average Bonchev–Trinajstić information content (AvgIpc) is 3.02. The second-order valence-electron chi connectivity index (χ2n) is 5.19. The molecule has 3 amide bonds. The van der Waals surface area contributed by atoms with Crippen molar-refractivity contribution in [3.63, 3.8) is 0 Å². The molecule has 0 aliphatic heterocycles. The van der Waals surface area contributed by atoms with Gasteiger partial charge in [-0.15, -0.1) is 5.10 Å². The normalized spacial score (nSPS) is 10.5. The zero-order chi connectivity index (χ0) is 17.5. The summed E-state index contributed by atoms with van der Waals surface area (Å²) in [6.45, 7) is 6.46. The smallest absolute Gasteiger partial charge is 0.321 e. The van der Waals surface area contributed by atoms with E-state index in [2.05, 4.69) is 26.2 Å². The number of hydrogen-bond acceptors (Lipinski definition) is 6. The van der Waals surface area contributed by atoms with Gasteiger partial charge in [0.2, 0.25) is 11.1 Å². The van der Waals surface area contributed by atoms with E-state index in [1.165, 1.54) is 11.8 Å². The van der Waals surface area contributed by atoms with Crippen LogP contribution < -0.4 is 10.6 Å². The highest BCUT2D eigenvalue weighted by molar-refractivity contribution is 7.99. The Morgan fingerprint density at radius 3 is 2.83 bits per heavy atom. The lowest BCUT2D eigenvalue weighted by Gasteiger charge is -2.09. The summed E-state index contributed by atoms with van der Waals surface area (Å²) >= 11 is 1.17. The van der Waals surface area contributed by atoms with Crippen LogP contribution in [0.2, 0.25) is 0 Å². The third-order valence-corrected chi connectivity index (χ3v) is 4.29. The number of hydrogen-bond donors (Lipinski definition) is 2. The van der Waals surface area contributed by atoms with Gasteiger partial charge in [-0.2, -0.15) is 4.68 Å². The second kappa shape index (κ2) is 8.44. The fourth-order valence-corrected chi connectivity index (χ4v) is 2.64. The fourth-order valence-electron chi connectivity index (χ4n) is 1.96. The molecule has 0 fully saturated rings. The Bertz CT molecular complexity index is 731. The highest BCUT2D eigenvalue weighted by atomic mass is 32.2. The van der Waals surface area contributed by atoms with E-state index in [-0.39, 0.29) is 5.75 Å².